The predicted octanol–water partition coefficient (Wildman–Crippen LogP) is 3.63. The van der Waals surface area contributed by atoms with Crippen LogP contribution in [0.25, 0.3) is 0 Å². The number of carbonyl (C=O) groups is 2. The Morgan fingerprint density at radius 2 is 1.62 bits per heavy atom. The highest BCUT2D eigenvalue weighted by Gasteiger charge is 2.21. The Labute approximate surface area is 124 Å². The number of esters is 1. The monoisotopic (exact) mass is 282 g/mol. The Kier molecular flexibility index (Phi) is 4.22. The van der Waals surface area contributed by atoms with Crippen molar-refractivity contribution in [2.45, 2.75) is 20.8 Å². The Bertz CT molecular complexity index is 714. The summed E-state index contributed by atoms with van der Waals surface area (Å²) in [7, 11) is 1.32. The molecule has 3 heteroatoms. The van der Waals surface area contributed by atoms with E-state index in [0.717, 1.165) is 16.7 Å². The normalized spacial score (nSPS) is 10.3. The van der Waals surface area contributed by atoms with Gasteiger partial charge in [0.2, 0.25) is 0 Å². The maximum absolute atomic E-state index is 12.8. The molecule has 0 aliphatic heterocycles. The molecule has 0 fully saturated rings. The third-order valence-corrected chi connectivity index (χ3v) is 3.53. The van der Waals surface area contributed by atoms with Gasteiger partial charge in [-0.05, 0) is 38.0 Å². The summed E-state index contributed by atoms with van der Waals surface area (Å²) in [5.41, 5.74) is 4.10. The second-order valence-corrected chi connectivity index (χ2v) is 5.14. The van der Waals surface area contributed by atoms with E-state index in [-0.39, 0.29) is 5.78 Å². The van der Waals surface area contributed by atoms with Gasteiger partial charge >= 0.3 is 5.97 Å². The van der Waals surface area contributed by atoms with Crippen LogP contribution in [-0.2, 0) is 4.74 Å². The zero-order valence-corrected chi connectivity index (χ0v) is 12.7. The molecule has 0 bridgehead atoms. The topological polar surface area (TPSA) is 43.4 Å². The van der Waals surface area contributed by atoms with Crippen molar-refractivity contribution in [3.8, 4) is 0 Å². The fourth-order valence-electron chi connectivity index (χ4n) is 2.45. The quantitative estimate of drug-likeness (QED) is 0.638. The second-order valence-electron chi connectivity index (χ2n) is 5.14. The lowest BCUT2D eigenvalue weighted by molar-refractivity contribution is 0.0597. The minimum Gasteiger partial charge on any atom is -0.465 e. The minimum atomic E-state index is -0.494. The Morgan fingerprint density at radius 1 is 0.905 bits per heavy atom. The summed E-state index contributed by atoms with van der Waals surface area (Å²) in [6.45, 7) is 5.70. The van der Waals surface area contributed by atoms with Crippen molar-refractivity contribution < 1.29 is 14.3 Å². The van der Waals surface area contributed by atoms with E-state index >= 15 is 0 Å². The SMILES string of the molecule is COC(=O)c1cccc(C)c1C(=O)c1ccc(C)cc1C. The molecule has 2 aromatic carbocycles. The highest BCUT2D eigenvalue weighted by Crippen LogP contribution is 2.22. The molecule has 0 saturated carbocycles. The number of hydrogen-bond acceptors (Lipinski definition) is 3. The molecule has 0 spiro atoms. The zero-order valence-electron chi connectivity index (χ0n) is 12.7. The van der Waals surface area contributed by atoms with Crippen molar-refractivity contribution in [3.05, 3.63) is 69.8 Å². The molecule has 0 amide bonds. The van der Waals surface area contributed by atoms with E-state index in [9.17, 15) is 9.59 Å². The molecule has 0 N–H and O–H groups in total. The molecule has 2 aromatic rings. The molecule has 0 aliphatic rings. The van der Waals surface area contributed by atoms with Gasteiger partial charge in [0.05, 0.1) is 12.7 Å². The van der Waals surface area contributed by atoms with E-state index in [2.05, 4.69) is 0 Å². The van der Waals surface area contributed by atoms with Gasteiger partial charge in [-0.1, -0.05) is 35.9 Å². The van der Waals surface area contributed by atoms with Gasteiger partial charge in [-0.15, -0.1) is 0 Å². The van der Waals surface area contributed by atoms with Gasteiger partial charge in [-0.25, -0.2) is 4.79 Å². The molecule has 3 nitrogen and oxygen atoms in total. The van der Waals surface area contributed by atoms with Crippen LogP contribution < -0.4 is 0 Å². The van der Waals surface area contributed by atoms with Crippen molar-refractivity contribution in [3.63, 3.8) is 0 Å². The Hall–Kier alpha value is -2.42. The summed E-state index contributed by atoms with van der Waals surface area (Å²) in [6, 6.07) is 10.9. The lowest BCUT2D eigenvalue weighted by Gasteiger charge is -2.12. The number of hydrogen-bond donors (Lipinski definition) is 0. The standard InChI is InChI=1S/C18H18O3/c1-11-8-9-14(13(3)10-11)17(19)16-12(2)6-5-7-15(16)18(20)21-4/h5-10H,1-4H3. The summed E-state index contributed by atoms with van der Waals surface area (Å²) in [5, 5.41) is 0. The van der Waals surface area contributed by atoms with Gasteiger partial charge < -0.3 is 4.74 Å². The lowest BCUT2D eigenvalue weighted by Crippen LogP contribution is -2.14. The summed E-state index contributed by atoms with van der Waals surface area (Å²) in [6.07, 6.45) is 0. The van der Waals surface area contributed by atoms with Gasteiger partial charge in [0.1, 0.15) is 0 Å². The average molecular weight is 282 g/mol. The van der Waals surface area contributed by atoms with Crippen molar-refractivity contribution in [2.75, 3.05) is 7.11 Å². The number of benzene rings is 2. The lowest BCUT2D eigenvalue weighted by atomic mass is 9.91. The molecule has 108 valence electrons. The molecule has 21 heavy (non-hydrogen) atoms. The third kappa shape index (κ3) is 2.87. The van der Waals surface area contributed by atoms with Crippen molar-refractivity contribution in [2.24, 2.45) is 0 Å². The average Bonchev–Trinajstić information content (AvgIpc) is 2.45. The van der Waals surface area contributed by atoms with Crippen molar-refractivity contribution in [1.29, 1.82) is 0 Å². The number of ketones is 1. The first-order valence-electron chi connectivity index (χ1n) is 6.75. The molecular formula is C18H18O3. The van der Waals surface area contributed by atoms with Gasteiger partial charge in [0, 0.05) is 11.1 Å². The number of carbonyl (C=O) groups excluding carboxylic acids is 2. The third-order valence-electron chi connectivity index (χ3n) is 3.53. The number of rotatable bonds is 3. The fraction of sp³-hybridized carbons (Fsp3) is 0.222. The maximum Gasteiger partial charge on any atom is 0.338 e. The predicted molar refractivity (Wildman–Crippen MR) is 81.9 cm³/mol. The van der Waals surface area contributed by atoms with Crippen LogP contribution in [0.2, 0.25) is 0 Å². The van der Waals surface area contributed by atoms with E-state index in [4.69, 9.17) is 4.74 Å². The van der Waals surface area contributed by atoms with Crippen LogP contribution in [0.4, 0.5) is 0 Å². The van der Waals surface area contributed by atoms with Gasteiger partial charge in [0.15, 0.2) is 5.78 Å². The molecule has 0 unspecified atom stereocenters. The number of ether oxygens (including phenoxy) is 1. The Balaban J connectivity index is 2.60. The van der Waals surface area contributed by atoms with Crippen LogP contribution in [0.3, 0.4) is 0 Å². The van der Waals surface area contributed by atoms with E-state index in [0.29, 0.717) is 16.7 Å². The van der Waals surface area contributed by atoms with Crippen LogP contribution in [-0.4, -0.2) is 18.9 Å². The molecule has 0 saturated heterocycles. The summed E-state index contributed by atoms with van der Waals surface area (Å²) in [4.78, 5) is 24.7. The molecule has 0 radical (unpaired) electrons. The van der Waals surface area contributed by atoms with Crippen LogP contribution in [0.1, 0.15) is 43.0 Å². The summed E-state index contributed by atoms with van der Waals surface area (Å²) in [5.74, 6) is -0.641. The summed E-state index contributed by atoms with van der Waals surface area (Å²) < 4.78 is 4.78. The Morgan fingerprint density at radius 3 is 2.24 bits per heavy atom. The molecule has 0 atom stereocenters. The highest BCUT2D eigenvalue weighted by molar-refractivity contribution is 6.16. The van der Waals surface area contributed by atoms with Gasteiger partial charge in [-0.3, -0.25) is 4.79 Å². The maximum atomic E-state index is 12.8. The highest BCUT2D eigenvalue weighted by atomic mass is 16.5. The van der Waals surface area contributed by atoms with Gasteiger partial charge in [-0.2, -0.15) is 0 Å². The van der Waals surface area contributed by atoms with E-state index in [1.807, 2.05) is 39.0 Å². The molecule has 2 rings (SSSR count). The smallest absolute Gasteiger partial charge is 0.338 e. The van der Waals surface area contributed by atoms with E-state index in [1.165, 1.54) is 7.11 Å². The molecular weight excluding hydrogens is 264 g/mol. The second kappa shape index (κ2) is 5.92. The van der Waals surface area contributed by atoms with E-state index < -0.39 is 5.97 Å². The van der Waals surface area contributed by atoms with Crippen LogP contribution in [0, 0.1) is 20.8 Å². The molecule has 0 aliphatic carbocycles. The molecule has 0 aromatic heterocycles. The van der Waals surface area contributed by atoms with Crippen LogP contribution in [0.15, 0.2) is 36.4 Å². The van der Waals surface area contributed by atoms with Crippen LogP contribution >= 0.6 is 0 Å². The summed E-state index contributed by atoms with van der Waals surface area (Å²) >= 11 is 0. The first kappa shape index (κ1) is 15.0. The van der Waals surface area contributed by atoms with E-state index in [1.54, 1.807) is 18.2 Å². The minimum absolute atomic E-state index is 0.147. The largest absolute Gasteiger partial charge is 0.465 e. The van der Waals surface area contributed by atoms with Crippen LogP contribution in [0.5, 0.6) is 0 Å². The fourth-order valence-corrected chi connectivity index (χ4v) is 2.45. The first-order valence-corrected chi connectivity index (χ1v) is 6.75. The molecule has 0 heterocycles. The zero-order chi connectivity index (χ0) is 15.6. The van der Waals surface area contributed by atoms with Gasteiger partial charge in [0.25, 0.3) is 0 Å². The first-order chi connectivity index (χ1) is 9.95. The number of methoxy groups -OCH3 is 1. The number of aryl methyl sites for hydroxylation is 3. The van der Waals surface area contributed by atoms with Crippen molar-refractivity contribution >= 4 is 11.8 Å². The van der Waals surface area contributed by atoms with Crippen molar-refractivity contribution in [1.82, 2.24) is 0 Å².